The van der Waals surface area contributed by atoms with Gasteiger partial charge in [-0.2, -0.15) is 17.0 Å². The predicted molar refractivity (Wildman–Crippen MR) is 67.0 cm³/mol. The van der Waals surface area contributed by atoms with Crippen molar-refractivity contribution >= 4 is 11.8 Å². The van der Waals surface area contributed by atoms with Gasteiger partial charge >= 0.3 is 0 Å². The van der Waals surface area contributed by atoms with E-state index in [9.17, 15) is 0 Å². The zero-order chi connectivity index (χ0) is 11.1. The fourth-order valence-corrected chi connectivity index (χ4v) is 2.47. The summed E-state index contributed by atoms with van der Waals surface area (Å²) < 4.78 is 0. The molecule has 1 N–H and O–H groups in total. The Kier molecular flexibility index (Phi) is 6.12. The van der Waals surface area contributed by atoms with Crippen LogP contribution in [-0.2, 0) is 0 Å². The minimum absolute atomic E-state index is 0.253. The number of hydrogen-bond acceptors (Lipinski definition) is 3. The molecule has 86 valence electrons. The van der Waals surface area contributed by atoms with Gasteiger partial charge in [-0.25, -0.2) is 0 Å². The third-order valence-electron chi connectivity index (χ3n) is 3.29. The zero-order valence-corrected chi connectivity index (χ0v) is 10.6. The molecule has 0 aromatic heterocycles. The van der Waals surface area contributed by atoms with Crippen molar-refractivity contribution in [3.8, 4) is 6.07 Å². The van der Waals surface area contributed by atoms with E-state index in [0.717, 1.165) is 18.2 Å². The molecular formula is C12H22N2S. The lowest BCUT2D eigenvalue weighted by Crippen LogP contribution is -2.38. The lowest BCUT2D eigenvalue weighted by Gasteiger charge is -2.28. The Labute approximate surface area is 97.8 Å². The van der Waals surface area contributed by atoms with Crippen LogP contribution in [0.25, 0.3) is 0 Å². The lowest BCUT2D eigenvalue weighted by molar-refractivity contribution is 0.312. The highest BCUT2D eigenvalue weighted by molar-refractivity contribution is 7.99. The Hall–Kier alpha value is -0.200. The molecule has 15 heavy (non-hydrogen) atoms. The van der Waals surface area contributed by atoms with E-state index in [1.807, 2.05) is 11.8 Å². The summed E-state index contributed by atoms with van der Waals surface area (Å²) in [7, 11) is 0. The second-order valence-corrected chi connectivity index (χ2v) is 5.69. The van der Waals surface area contributed by atoms with E-state index in [2.05, 4.69) is 24.6 Å². The summed E-state index contributed by atoms with van der Waals surface area (Å²) in [5.41, 5.74) is 0. The van der Waals surface area contributed by atoms with Crippen molar-refractivity contribution in [1.82, 2.24) is 5.32 Å². The molecule has 3 heteroatoms. The maximum atomic E-state index is 9.02. The molecule has 3 atom stereocenters. The van der Waals surface area contributed by atoms with E-state index in [1.165, 1.54) is 25.7 Å². The summed E-state index contributed by atoms with van der Waals surface area (Å²) in [6.45, 7) is 3.32. The number of rotatable bonds is 5. The average Bonchev–Trinajstić information content (AvgIpc) is 2.29. The highest BCUT2D eigenvalue weighted by atomic mass is 32.2. The maximum absolute atomic E-state index is 9.02. The van der Waals surface area contributed by atoms with E-state index in [1.54, 1.807) is 0 Å². The van der Waals surface area contributed by atoms with Crippen molar-refractivity contribution in [2.45, 2.75) is 50.3 Å². The van der Waals surface area contributed by atoms with Crippen LogP contribution in [0.3, 0.4) is 0 Å². The van der Waals surface area contributed by atoms with Gasteiger partial charge in [0.15, 0.2) is 0 Å². The molecule has 3 unspecified atom stereocenters. The first-order valence-electron chi connectivity index (χ1n) is 5.93. The Bertz CT molecular complexity index is 212. The van der Waals surface area contributed by atoms with Crippen molar-refractivity contribution in [2.75, 3.05) is 12.8 Å². The van der Waals surface area contributed by atoms with Crippen molar-refractivity contribution in [2.24, 2.45) is 5.92 Å². The van der Waals surface area contributed by atoms with Crippen molar-refractivity contribution in [3.05, 3.63) is 0 Å². The number of hydrogen-bond donors (Lipinski definition) is 1. The third kappa shape index (κ3) is 4.44. The Morgan fingerprint density at radius 1 is 1.47 bits per heavy atom. The van der Waals surface area contributed by atoms with E-state index >= 15 is 0 Å². The fourth-order valence-electron chi connectivity index (χ4n) is 2.12. The SMILES string of the molecule is CSC(C)CCNC1CCCCC1C#N. The van der Waals surface area contributed by atoms with Crippen LogP contribution in [0, 0.1) is 17.2 Å². The summed E-state index contributed by atoms with van der Waals surface area (Å²) in [6, 6.07) is 2.89. The lowest BCUT2D eigenvalue weighted by atomic mass is 9.85. The first-order chi connectivity index (χ1) is 7.27. The monoisotopic (exact) mass is 226 g/mol. The van der Waals surface area contributed by atoms with Gasteiger partial charge in [0, 0.05) is 11.3 Å². The van der Waals surface area contributed by atoms with Gasteiger partial charge in [-0.1, -0.05) is 19.8 Å². The number of nitrogens with one attached hydrogen (secondary N) is 1. The van der Waals surface area contributed by atoms with Crippen LogP contribution in [0.1, 0.15) is 39.0 Å². The van der Waals surface area contributed by atoms with Gasteiger partial charge < -0.3 is 5.32 Å². The molecule has 0 aromatic rings. The fraction of sp³-hybridized carbons (Fsp3) is 0.917. The van der Waals surface area contributed by atoms with Crippen LogP contribution in [-0.4, -0.2) is 24.1 Å². The zero-order valence-electron chi connectivity index (χ0n) is 9.83. The molecule has 1 saturated carbocycles. The average molecular weight is 226 g/mol. The van der Waals surface area contributed by atoms with Gasteiger partial charge in [0.05, 0.1) is 12.0 Å². The quantitative estimate of drug-likeness (QED) is 0.783. The van der Waals surface area contributed by atoms with Gasteiger partial charge in [-0.3, -0.25) is 0 Å². The summed E-state index contributed by atoms with van der Waals surface area (Å²) in [6.07, 6.45) is 8.16. The Morgan fingerprint density at radius 3 is 2.87 bits per heavy atom. The van der Waals surface area contributed by atoms with Gasteiger partial charge in [0.2, 0.25) is 0 Å². The van der Waals surface area contributed by atoms with E-state index < -0.39 is 0 Å². The second-order valence-electron chi connectivity index (χ2n) is 4.42. The molecule has 0 spiro atoms. The molecule has 0 aromatic carbocycles. The summed E-state index contributed by atoms with van der Waals surface area (Å²) >= 11 is 1.91. The minimum Gasteiger partial charge on any atom is -0.313 e. The van der Waals surface area contributed by atoms with E-state index in [0.29, 0.717) is 6.04 Å². The summed E-state index contributed by atoms with van der Waals surface area (Å²) in [4.78, 5) is 0. The molecule has 0 saturated heterocycles. The topological polar surface area (TPSA) is 35.8 Å². The van der Waals surface area contributed by atoms with Crippen LogP contribution in [0.15, 0.2) is 0 Å². The molecule has 0 heterocycles. The first-order valence-corrected chi connectivity index (χ1v) is 7.22. The maximum Gasteiger partial charge on any atom is 0.0672 e. The molecule has 1 fully saturated rings. The van der Waals surface area contributed by atoms with E-state index in [4.69, 9.17) is 5.26 Å². The van der Waals surface area contributed by atoms with Crippen LogP contribution in [0.2, 0.25) is 0 Å². The Balaban J connectivity index is 2.21. The number of nitriles is 1. The van der Waals surface area contributed by atoms with E-state index in [-0.39, 0.29) is 5.92 Å². The van der Waals surface area contributed by atoms with Gasteiger partial charge in [-0.15, -0.1) is 0 Å². The highest BCUT2D eigenvalue weighted by Crippen LogP contribution is 2.23. The number of nitrogens with zero attached hydrogens (tertiary/aromatic N) is 1. The normalized spacial score (nSPS) is 28.3. The van der Waals surface area contributed by atoms with Crippen molar-refractivity contribution < 1.29 is 0 Å². The van der Waals surface area contributed by atoms with Gasteiger partial charge in [0.1, 0.15) is 0 Å². The smallest absolute Gasteiger partial charge is 0.0672 e. The standard InChI is InChI=1S/C12H22N2S/c1-10(15-2)7-8-14-12-6-4-3-5-11(12)9-13/h10-12,14H,3-8H2,1-2H3. The Morgan fingerprint density at radius 2 is 2.20 bits per heavy atom. The largest absolute Gasteiger partial charge is 0.313 e. The molecule has 2 nitrogen and oxygen atoms in total. The van der Waals surface area contributed by atoms with Crippen LogP contribution in [0.4, 0.5) is 0 Å². The van der Waals surface area contributed by atoms with Crippen LogP contribution < -0.4 is 5.32 Å². The van der Waals surface area contributed by atoms with Crippen LogP contribution in [0.5, 0.6) is 0 Å². The molecule has 0 radical (unpaired) electrons. The summed E-state index contributed by atoms with van der Waals surface area (Å²) in [5.74, 6) is 0.253. The van der Waals surface area contributed by atoms with Crippen molar-refractivity contribution in [3.63, 3.8) is 0 Å². The van der Waals surface area contributed by atoms with Crippen molar-refractivity contribution in [1.29, 1.82) is 5.26 Å². The van der Waals surface area contributed by atoms with Gasteiger partial charge in [0.25, 0.3) is 0 Å². The van der Waals surface area contributed by atoms with Gasteiger partial charge in [-0.05, 0) is 32.1 Å². The highest BCUT2D eigenvalue weighted by Gasteiger charge is 2.23. The molecule has 1 aliphatic carbocycles. The van der Waals surface area contributed by atoms with Crippen LogP contribution >= 0.6 is 11.8 Å². The second kappa shape index (κ2) is 7.14. The summed E-state index contributed by atoms with van der Waals surface area (Å²) in [5, 5.41) is 13.3. The molecule has 1 aliphatic rings. The molecule has 0 amide bonds. The molecule has 0 aliphatic heterocycles. The molecule has 1 rings (SSSR count). The predicted octanol–water partition coefficient (Wildman–Crippen LogP) is 2.80. The number of thioether (sulfide) groups is 1. The minimum atomic E-state index is 0.253. The first kappa shape index (κ1) is 12.9. The molecule has 0 bridgehead atoms. The molecular weight excluding hydrogens is 204 g/mol. The third-order valence-corrected chi connectivity index (χ3v) is 4.33.